The summed E-state index contributed by atoms with van der Waals surface area (Å²) < 4.78 is 0. The van der Waals surface area contributed by atoms with E-state index in [1.165, 1.54) is 5.57 Å². The van der Waals surface area contributed by atoms with E-state index in [2.05, 4.69) is 32.2 Å². The Labute approximate surface area is 162 Å². The maximum absolute atomic E-state index is 10.3. The number of benzene rings is 1. The van der Waals surface area contributed by atoms with E-state index in [1.54, 1.807) is 24.3 Å². The van der Waals surface area contributed by atoms with Gasteiger partial charge in [0.05, 0.1) is 5.91 Å². The van der Waals surface area contributed by atoms with E-state index in [0.29, 0.717) is 5.56 Å². The summed E-state index contributed by atoms with van der Waals surface area (Å²) in [5.41, 5.74) is 8.46. The normalized spacial score (nSPS) is 9.95. The second-order valence-corrected chi connectivity index (χ2v) is 4.93. The molecule has 21 heavy (non-hydrogen) atoms. The molecule has 1 aromatic rings. The Balaban J connectivity index is -0.000000107. The molecule has 1 aliphatic rings. The summed E-state index contributed by atoms with van der Waals surface area (Å²) >= 11 is 0. The molecule has 0 atom stereocenters. The first-order valence-electron chi connectivity index (χ1n) is 5.90. The van der Waals surface area contributed by atoms with Gasteiger partial charge in [-0.25, -0.2) is 11.6 Å². The van der Waals surface area contributed by atoms with Crippen molar-refractivity contribution in [1.29, 1.82) is 0 Å². The summed E-state index contributed by atoms with van der Waals surface area (Å²) in [5.74, 6) is -0.629. The number of hydrogen-bond donors (Lipinski definition) is 0. The molecule has 0 spiro atoms. The van der Waals surface area contributed by atoms with Crippen LogP contribution in [0.3, 0.4) is 0 Å². The zero-order valence-corrected chi connectivity index (χ0v) is 18.7. The standard InChI is InChI=1S/C7H7NO.C6H7.C2H7Si.2ClH.Hf/c8-7(9)6-4-2-1-3-5-6;1-6-4-2-3-5-6;1-3-2;;;/h1-5H,(H2,8,9);4-5H,2H2,1H3;3H,1-2H3;2*1H;/q;-1;;;;+4/p-3. The van der Waals surface area contributed by atoms with Gasteiger partial charge in [-0.15, -0.1) is 13.3 Å². The molecule has 0 aliphatic heterocycles. The van der Waals surface area contributed by atoms with Crippen LogP contribution in [0, 0.1) is 6.08 Å². The van der Waals surface area contributed by atoms with Gasteiger partial charge in [0.15, 0.2) is 0 Å². The predicted octanol–water partition coefficient (Wildman–Crippen LogP) is -1.90. The van der Waals surface area contributed by atoms with Crippen LogP contribution >= 0.6 is 0 Å². The van der Waals surface area contributed by atoms with Crippen LogP contribution in [-0.4, -0.2) is 15.4 Å². The zero-order chi connectivity index (χ0) is 13.8. The van der Waals surface area contributed by atoms with Gasteiger partial charge in [-0.1, -0.05) is 43.4 Å². The SMILES string of the molecule is CC1=CC[C-]=C1.C[SiH]C.[Cl-].[Cl-].[Hf+4].[NH-]C(=O)c1ccccc1. The summed E-state index contributed by atoms with van der Waals surface area (Å²) in [6.07, 6.45) is 8.24. The molecule has 2 rings (SSSR count). The molecule has 0 saturated heterocycles. The first-order chi connectivity index (χ1) is 8.61. The summed E-state index contributed by atoms with van der Waals surface area (Å²) in [4.78, 5) is 10.3. The molecule has 113 valence electrons. The Morgan fingerprint density at radius 2 is 1.67 bits per heavy atom. The maximum atomic E-state index is 10.3. The second kappa shape index (κ2) is 19.8. The third kappa shape index (κ3) is 17.8. The van der Waals surface area contributed by atoms with Crippen LogP contribution in [0.2, 0.25) is 13.1 Å². The second-order valence-electron chi connectivity index (χ2n) is 3.77. The molecule has 0 unspecified atom stereocenters. The molecule has 1 radical (unpaired) electrons. The largest absolute Gasteiger partial charge is 4.00 e. The van der Waals surface area contributed by atoms with Gasteiger partial charge in [0.2, 0.25) is 0 Å². The Morgan fingerprint density at radius 3 is 1.86 bits per heavy atom. The molecule has 1 aromatic carbocycles. The van der Waals surface area contributed by atoms with E-state index in [1.807, 2.05) is 12.1 Å². The number of rotatable bonds is 1. The number of carbonyl (C=O) groups excluding carboxylic acids is 1. The van der Waals surface area contributed by atoms with Gasteiger partial charge in [0.25, 0.3) is 0 Å². The van der Waals surface area contributed by atoms with Gasteiger partial charge in [-0.3, -0.25) is 6.08 Å². The summed E-state index contributed by atoms with van der Waals surface area (Å²) in [6.45, 7) is 6.50. The van der Waals surface area contributed by atoms with Gasteiger partial charge in [-0.05, 0) is 5.56 Å². The summed E-state index contributed by atoms with van der Waals surface area (Å²) in [5, 5.41) is 0. The van der Waals surface area contributed by atoms with E-state index in [4.69, 9.17) is 5.73 Å². The molecule has 1 N–H and O–H groups in total. The van der Waals surface area contributed by atoms with Crippen LogP contribution in [0.5, 0.6) is 0 Å². The van der Waals surface area contributed by atoms with Crippen molar-refractivity contribution in [3.8, 4) is 0 Å². The molecular formula is C15H20Cl2HfNOSi. The Bertz CT molecular complexity index is 409. The smallest absolute Gasteiger partial charge is 1.00 e. The summed E-state index contributed by atoms with van der Waals surface area (Å²) in [6, 6.07) is 8.53. The maximum Gasteiger partial charge on any atom is 4.00 e. The van der Waals surface area contributed by atoms with E-state index >= 15 is 0 Å². The number of amides is 1. The summed E-state index contributed by atoms with van der Waals surface area (Å²) in [7, 11) is 0.750. The molecular weight excluding hydrogens is 488 g/mol. The van der Waals surface area contributed by atoms with Crippen molar-refractivity contribution >= 4 is 15.4 Å². The molecule has 0 heterocycles. The Kier molecular flexibility index (Phi) is 27.3. The van der Waals surface area contributed by atoms with E-state index in [9.17, 15) is 4.79 Å². The van der Waals surface area contributed by atoms with E-state index < -0.39 is 5.91 Å². The molecule has 0 aromatic heterocycles. The van der Waals surface area contributed by atoms with Crippen LogP contribution in [0.25, 0.3) is 5.73 Å². The van der Waals surface area contributed by atoms with Gasteiger partial charge < -0.3 is 35.3 Å². The van der Waals surface area contributed by atoms with Gasteiger partial charge in [0.1, 0.15) is 0 Å². The quantitative estimate of drug-likeness (QED) is 0.323. The van der Waals surface area contributed by atoms with Gasteiger partial charge >= 0.3 is 25.8 Å². The van der Waals surface area contributed by atoms with Crippen LogP contribution in [0.1, 0.15) is 23.7 Å². The van der Waals surface area contributed by atoms with Crippen molar-refractivity contribution in [2.24, 2.45) is 0 Å². The molecule has 0 saturated carbocycles. The molecule has 0 bridgehead atoms. The number of hydrogen-bond acceptors (Lipinski definition) is 1. The molecule has 1 amide bonds. The van der Waals surface area contributed by atoms with Crippen molar-refractivity contribution in [3.05, 3.63) is 65.4 Å². The predicted molar refractivity (Wildman–Crippen MR) is 80.2 cm³/mol. The fraction of sp³-hybridized carbons (Fsp3) is 0.267. The van der Waals surface area contributed by atoms with Crippen LogP contribution in [0.15, 0.2) is 48.1 Å². The van der Waals surface area contributed by atoms with Crippen molar-refractivity contribution in [3.63, 3.8) is 0 Å². The van der Waals surface area contributed by atoms with Gasteiger partial charge in [-0.2, -0.15) is 6.08 Å². The average molecular weight is 508 g/mol. The van der Waals surface area contributed by atoms with Crippen molar-refractivity contribution in [2.75, 3.05) is 0 Å². The van der Waals surface area contributed by atoms with E-state index in [-0.39, 0.29) is 50.7 Å². The number of nitrogens with one attached hydrogen (secondary N) is 1. The third-order valence-corrected chi connectivity index (χ3v) is 1.91. The van der Waals surface area contributed by atoms with Crippen molar-refractivity contribution in [2.45, 2.75) is 26.4 Å². The Morgan fingerprint density at radius 1 is 1.19 bits per heavy atom. The Hall–Kier alpha value is -0.163. The van der Waals surface area contributed by atoms with E-state index in [0.717, 1.165) is 15.9 Å². The first-order valence-corrected chi connectivity index (χ1v) is 8.21. The number of carbonyl (C=O) groups is 1. The monoisotopic (exact) mass is 508 g/mol. The minimum Gasteiger partial charge on any atom is -1.00 e. The zero-order valence-electron chi connectivity index (χ0n) is 12.5. The molecule has 2 nitrogen and oxygen atoms in total. The van der Waals surface area contributed by atoms with Crippen LogP contribution in [-0.2, 0) is 25.8 Å². The minimum absolute atomic E-state index is 0. The molecule has 1 aliphatic carbocycles. The fourth-order valence-electron chi connectivity index (χ4n) is 1.09. The van der Waals surface area contributed by atoms with Gasteiger partial charge in [0, 0.05) is 9.52 Å². The van der Waals surface area contributed by atoms with Crippen LogP contribution < -0.4 is 24.8 Å². The fourth-order valence-corrected chi connectivity index (χ4v) is 1.09. The van der Waals surface area contributed by atoms with Crippen LogP contribution in [0.4, 0.5) is 0 Å². The third-order valence-electron chi connectivity index (χ3n) is 1.91. The first kappa shape index (κ1) is 28.9. The van der Waals surface area contributed by atoms with Crippen molar-refractivity contribution in [1.82, 2.24) is 0 Å². The molecule has 0 fully saturated rings. The van der Waals surface area contributed by atoms with Crippen molar-refractivity contribution < 1.29 is 55.5 Å². The average Bonchev–Trinajstić information content (AvgIpc) is 2.83. The topological polar surface area (TPSA) is 40.9 Å². The minimum atomic E-state index is -0.629. The number of halogens is 2. The molecule has 6 heteroatoms. The number of allylic oxidation sites excluding steroid dienone is 4.